The molecule has 1 N–H and O–H groups in total. The number of aromatic amines is 1. The van der Waals surface area contributed by atoms with Gasteiger partial charge in [-0.15, -0.1) is 0 Å². The Morgan fingerprint density at radius 2 is 2.06 bits per heavy atom. The Labute approximate surface area is 187 Å². The number of nitrogens with one attached hydrogen (secondary N) is 1. The summed E-state index contributed by atoms with van der Waals surface area (Å²) in [4.78, 5) is 31.1. The van der Waals surface area contributed by atoms with Gasteiger partial charge >= 0.3 is 0 Å². The van der Waals surface area contributed by atoms with Gasteiger partial charge < -0.3 is 19.5 Å². The molecule has 1 amide bonds. The third-order valence-corrected chi connectivity index (χ3v) is 7.22. The molecule has 2 aliphatic heterocycles. The Kier molecular flexibility index (Phi) is 4.34. The van der Waals surface area contributed by atoms with Crippen LogP contribution in [0.25, 0.3) is 22.3 Å². The van der Waals surface area contributed by atoms with E-state index in [2.05, 4.69) is 48.9 Å². The molecule has 3 aliphatic rings. The summed E-state index contributed by atoms with van der Waals surface area (Å²) in [5.74, 6) is 2.10. The van der Waals surface area contributed by atoms with Crippen LogP contribution in [0.2, 0.25) is 0 Å². The minimum atomic E-state index is -0.469. The van der Waals surface area contributed by atoms with Crippen molar-refractivity contribution in [2.45, 2.75) is 51.7 Å². The number of morpholine rings is 1. The Balaban J connectivity index is 1.55. The lowest BCUT2D eigenvalue weighted by Gasteiger charge is -2.35. The second-order valence-corrected chi connectivity index (χ2v) is 9.82. The fourth-order valence-electron chi connectivity index (χ4n) is 5.19. The lowest BCUT2D eigenvalue weighted by molar-refractivity contribution is -0.138. The number of H-pyrrole nitrogens is 1. The van der Waals surface area contributed by atoms with E-state index in [-0.39, 0.29) is 17.9 Å². The normalized spacial score (nSPS) is 22.4. The van der Waals surface area contributed by atoms with E-state index < -0.39 is 5.54 Å². The second-order valence-electron chi connectivity index (χ2n) is 9.82. The first kappa shape index (κ1) is 19.7. The van der Waals surface area contributed by atoms with Crippen molar-refractivity contribution in [2.75, 3.05) is 24.7 Å². The van der Waals surface area contributed by atoms with E-state index in [4.69, 9.17) is 14.7 Å². The van der Waals surface area contributed by atoms with Crippen LogP contribution >= 0.6 is 0 Å². The summed E-state index contributed by atoms with van der Waals surface area (Å²) in [6.07, 6.45) is 3.95. The highest BCUT2D eigenvalue weighted by Crippen LogP contribution is 2.46. The SMILES string of the molecule is CC1COCCN1c1nc(-c2cccc3[nH]ccc23)nc2c1CN(C(=O)C1CC1)C2(C)C. The van der Waals surface area contributed by atoms with E-state index in [0.29, 0.717) is 19.8 Å². The molecule has 1 saturated heterocycles. The van der Waals surface area contributed by atoms with Crippen LogP contribution < -0.4 is 4.90 Å². The standard InChI is InChI=1S/C25H29N5O2/c1-15-14-32-12-11-29(15)23-19-13-30(24(31)16-7-8-16)25(2,3)21(19)27-22(28-23)18-5-4-6-20-17(18)9-10-26-20/h4-6,9-10,15-16,26H,7-8,11-14H2,1-3H3. The number of benzene rings is 1. The number of anilines is 1. The number of ether oxygens (including phenoxy) is 1. The summed E-state index contributed by atoms with van der Waals surface area (Å²) >= 11 is 0. The van der Waals surface area contributed by atoms with Gasteiger partial charge in [0, 0.05) is 40.7 Å². The third kappa shape index (κ3) is 2.94. The van der Waals surface area contributed by atoms with Gasteiger partial charge in [0.1, 0.15) is 5.82 Å². The summed E-state index contributed by atoms with van der Waals surface area (Å²) in [7, 11) is 0. The van der Waals surface area contributed by atoms with Crippen LogP contribution in [-0.4, -0.2) is 51.6 Å². The molecule has 1 saturated carbocycles. The lowest BCUT2D eigenvalue weighted by Crippen LogP contribution is -2.44. The molecule has 6 rings (SSSR count). The third-order valence-electron chi connectivity index (χ3n) is 7.22. The van der Waals surface area contributed by atoms with Crippen molar-refractivity contribution >= 4 is 22.6 Å². The number of rotatable bonds is 3. The molecule has 4 heterocycles. The molecule has 166 valence electrons. The van der Waals surface area contributed by atoms with Gasteiger partial charge in [-0.1, -0.05) is 12.1 Å². The number of carbonyl (C=O) groups is 1. The van der Waals surface area contributed by atoms with Crippen molar-refractivity contribution in [2.24, 2.45) is 5.92 Å². The Morgan fingerprint density at radius 1 is 1.22 bits per heavy atom. The van der Waals surface area contributed by atoms with E-state index >= 15 is 0 Å². The first-order valence-electron chi connectivity index (χ1n) is 11.6. The second kappa shape index (κ2) is 7.04. The quantitative estimate of drug-likeness (QED) is 0.682. The highest BCUT2D eigenvalue weighted by molar-refractivity contribution is 5.93. The van der Waals surface area contributed by atoms with E-state index in [1.807, 2.05) is 17.2 Å². The van der Waals surface area contributed by atoms with Crippen LogP contribution in [0.1, 0.15) is 44.9 Å². The number of hydrogen-bond donors (Lipinski definition) is 1. The molecular weight excluding hydrogens is 402 g/mol. The number of fused-ring (bicyclic) bond motifs is 2. The van der Waals surface area contributed by atoms with E-state index in [9.17, 15) is 4.79 Å². The molecule has 0 spiro atoms. The van der Waals surface area contributed by atoms with Crippen LogP contribution in [0, 0.1) is 5.92 Å². The van der Waals surface area contributed by atoms with Crippen LogP contribution in [-0.2, 0) is 21.6 Å². The van der Waals surface area contributed by atoms with Gasteiger partial charge in [-0.2, -0.15) is 0 Å². The fraction of sp³-hybridized carbons (Fsp3) is 0.480. The first-order chi connectivity index (χ1) is 15.4. The van der Waals surface area contributed by atoms with Crippen molar-refractivity contribution < 1.29 is 9.53 Å². The van der Waals surface area contributed by atoms with Crippen molar-refractivity contribution in [3.63, 3.8) is 0 Å². The molecule has 7 heteroatoms. The minimum Gasteiger partial charge on any atom is -0.377 e. The average molecular weight is 432 g/mol. The maximum Gasteiger partial charge on any atom is 0.226 e. The summed E-state index contributed by atoms with van der Waals surface area (Å²) in [5.41, 5.74) is 3.66. The van der Waals surface area contributed by atoms with Gasteiger partial charge in [0.25, 0.3) is 0 Å². The summed E-state index contributed by atoms with van der Waals surface area (Å²) in [6.45, 7) is 9.14. The zero-order valence-corrected chi connectivity index (χ0v) is 18.9. The number of carbonyl (C=O) groups excluding carboxylic acids is 1. The first-order valence-corrected chi connectivity index (χ1v) is 11.6. The molecule has 1 aliphatic carbocycles. The van der Waals surface area contributed by atoms with E-state index in [1.165, 1.54) is 0 Å². The maximum atomic E-state index is 13.2. The highest BCUT2D eigenvalue weighted by atomic mass is 16.5. The molecular formula is C25H29N5O2. The maximum absolute atomic E-state index is 13.2. The monoisotopic (exact) mass is 431 g/mol. The fourth-order valence-corrected chi connectivity index (χ4v) is 5.19. The van der Waals surface area contributed by atoms with Gasteiger partial charge in [0.15, 0.2) is 5.82 Å². The minimum absolute atomic E-state index is 0.176. The summed E-state index contributed by atoms with van der Waals surface area (Å²) < 4.78 is 5.70. The molecule has 3 aromatic rings. The summed E-state index contributed by atoms with van der Waals surface area (Å²) in [5, 5.41) is 1.11. The predicted molar refractivity (Wildman–Crippen MR) is 123 cm³/mol. The Morgan fingerprint density at radius 3 is 2.84 bits per heavy atom. The number of amides is 1. The average Bonchev–Trinajstić information content (AvgIpc) is 3.46. The van der Waals surface area contributed by atoms with Crippen molar-refractivity contribution in [3.05, 3.63) is 41.7 Å². The van der Waals surface area contributed by atoms with Crippen LogP contribution in [0.4, 0.5) is 5.82 Å². The molecule has 0 radical (unpaired) electrons. The summed E-state index contributed by atoms with van der Waals surface area (Å²) in [6, 6.07) is 8.48. The number of aromatic nitrogens is 3. The predicted octanol–water partition coefficient (Wildman–Crippen LogP) is 3.84. The van der Waals surface area contributed by atoms with Crippen molar-refractivity contribution in [3.8, 4) is 11.4 Å². The molecule has 1 aromatic carbocycles. The van der Waals surface area contributed by atoms with Crippen LogP contribution in [0.3, 0.4) is 0 Å². The van der Waals surface area contributed by atoms with Gasteiger partial charge in [0.2, 0.25) is 5.91 Å². The molecule has 1 atom stereocenters. The Bertz CT molecular complexity index is 1210. The highest BCUT2D eigenvalue weighted by Gasteiger charge is 2.48. The van der Waals surface area contributed by atoms with Gasteiger partial charge in [-0.25, -0.2) is 9.97 Å². The lowest BCUT2D eigenvalue weighted by atomic mass is 9.98. The Hall–Kier alpha value is -2.93. The van der Waals surface area contributed by atoms with Gasteiger partial charge in [0.05, 0.1) is 37.0 Å². The number of nitrogens with zero attached hydrogens (tertiary/aromatic N) is 4. The molecule has 2 fully saturated rings. The zero-order chi connectivity index (χ0) is 22.0. The van der Waals surface area contributed by atoms with Crippen molar-refractivity contribution in [1.82, 2.24) is 19.9 Å². The number of hydrogen-bond acceptors (Lipinski definition) is 5. The molecule has 2 aromatic heterocycles. The van der Waals surface area contributed by atoms with E-state index in [1.54, 1.807) is 0 Å². The molecule has 0 bridgehead atoms. The van der Waals surface area contributed by atoms with Crippen LogP contribution in [0.5, 0.6) is 0 Å². The van der Waals surface area contributed by atoms with E-state index in [0.717, 1.165) is 58.8 Å². The topological polar surface area (TPSA) is 74.3 Å². The van der Waals surface area contributed by atoms with Crippen molar-refractivity contribution in [1.29, 1.82) is 0 Å². The smallest absolute Gasteiger partial charge is 0.226 e. The molecule has 32 heavy (non-hydrogen) atoms. The van der Waals surface area contributed by atoms with Gasteiger partial charge in [-0.05, 0) is 45.7 Å². The zero-order valence-electron chi connectivity index (χ0n) is 18.9. The molecule has 7 nitrogen and oxygen atoms in total. The molecule has 1 unspecified atom stereocenters. The van der Waals surface area contributed by atoms with Gasteiger partial charge in [-0.3, -0.25) is 4.79 Å². The largest absolute Gasteiger partial charge is 0.377 e. The van der Waals surface area contributed by atoms with Crippen LogP contribution in [0.15, 0.2) is 30.5 Å².